The molecule has 0 amide bonds. The number of hydrogen-bond donors (Lipinski definition) is 2. The maximum absolute atomic E-state index is 5.35. The lowest BCUT2D eigenvalue weighted by Crippen LogP contribution is -2.26. The van der Waals surface area contributed by atoms with Gasteiger partial charge in [-0.05, 0) is 41.3 Å². The molecular formula is C12H15N5S. The quantitative estimate of drug-likeness (QED) is 0.636. The van der Waals surface area contributed by atoms with Gasteiger partial charge in [0.15, 0.2) is 0 Å². The van der Waals surface area contributed by atoms with Gasteiger partial charge in [-0.25, -0.2) is 10.8 Å². The molecule has 5 nitrogen and oxygen atoms in total. The predicted octanol–water partition coefficient (Wildman–Crippen LogP) is 1.99. The van der Waals surface area contributed by atoms with Crippen LogP contribution in [0.25, 0.3) is 0 Å². The summed E-state index contributed by atoms with van der Waals surface area (Å²) in [5, 5.41) is 4.28. The summed E-state index contributed by atoms with van der Waals surface area (Å²) in [5.74, 6) is 6.75. The second-order valence-corrected chi connectivity index (χ2v) is 5.15. The highest BCUT2D eigenvalue weighted by atomic mass is 32.1. The number of hydrazine groups is 1. The van der Waals surface area contributed by atoms with E-state index in [9.17, 15) is 0 Å². The lowest BCUT2D eigenvalue weighted by molar-refractivity contribution is 0.777. The normalized spacial score (nSPS) is 14.5. The van der Waals surface area contributed by atoms with E-state index in [1.165, 1.54) is 18.4 Å². The molecule has 3 N–H and O–H groups in total. The van der Waals surface area contributed by atoms with Crippen molar-refractivity contribution in [3.8, 4) is 0 Å². The summed E-state index contributed by atoms with van der Waals surface area (Å²) in [7, 11) is 0. The van der Waals surface area contributed by atoms with Crippen LogP contribution in [0.15, 0.2) is 29.1 Å². The van der Waals surface area contributed by atoms with Gasteiger partial charge in [-0.2, -0.15) is 16.3 Å². The fourth-order valence-electron chi connectivity index (χ4n) is 1.94. The number of rotatable bonds is 5. The summed E-state index contributed by atoms with van der Waals surface area (Å²) in [6, 6.07) is 4.69. The lowest BCUT2D eigenvalue weighted by Gasteiger charge is -2.23. The molecular weight excluding hydrogens is 246 g/mol. The highest BCUT2D eigenvalue weighted by Gasteiger charge is 2.30. The van der Waals surface area contributed by atoms with E-state index in [4.69, 9.17) is 5.84 Å². The minimum Gasteiger partial charge on any atom is -0.349 e. The van der Waals surface area contributed by atoms with Gasteiger partial charge in [-0.15, -0.1) is 0 Å². The highest BCUT2D eigenvalue weighted by molar-refractivity contribution is 7.07. The van der Waals surface area contributed by atoms with Gasteiger partial charge in [0.05, 0.1) is 0 Å². The minimum atomic E-state index is 0.462. The number of nitrogens with one attached hydrogen (secondary N) is 1. The largest absolute Gasteiger partial charge is 0.349 e. The monoisotopic (exact) mass is 261 g/mol. The number of thiophene rings is 1. The topological polar surface area (TPSA) is 67.1 Å². The molecule has 1 aliphatic rings. The average Bonchev–Trinajstić information content (AvgIpc) is 3.13. The molecule has 2 aromatic rings. The summed E-state index contributed by atoms with van der Waals surface area (Å²) in [4.78, 5) is 10.8. The Labute approximate surface area is 110 Å². The summed E-state index contributed by atoms with van der Waals surface area (Å²) < 4.78 is 0. The third-order valence-electron chi connectivity index (χ3n) is 2.98. The zero-order chi connectivity index (χ0) is 12.4. The molecule has 0 atom stereocenters. The molecule has 3 rings (SSSR count). The van der Waals surface area contributed by atoms with Crippen LogP contribution in [0, 0.1) is 0 Å². The smallest absolute Gasteiger partial charge is 0.239 e. The van der Waals surface area contributed by atoms with Crippen molar-refractivity contribution >= 4 is 23.1 Å². The Morgan fingerprint density at radius 3 is 3.00 bits per heavy atom. The van der Waals surface area contributed by atoms with Crippen molar-refractivity contribution in [3.05, 3.63) is 34.7 Å². The number of aromatic nitrogens is 2. The minimum absolute atomic E-state index is 0.462. The van der Waals surface area contributed by atoms with Crippen LogP contribution in [0.2, 0.25) is 0 Å². The Hall–Kier alpha value is -1.66. The second kappa shape index (κ2) is 4.91. The zero-order valence-corrected chi connectivity index (χ0v) is 10.7. The lowest BCUT2D eigenvalue weighted by atomic mass is 10.3. The Kier molecular flexibility index (Phi) is 3.12. The molecule has 1 saturated carbocycles. The zero-order valence-electron chi connectivity index (χ0n) is 9.91. The Morgan fingerprint density at radius 2 is 2.33 bits per heavy atom. The van der Waals surface area contributed by atoms with Crippen molar-refractivity contribution in [2.75, 3.05) is 10.3 Å². The van der Waals surface area contributed by atoms with Crippen LogP contribution in [0.1, 0.15) is 18.4 Å². The molecule has 1 aliphatic carbocycles. The molecule has 2 heterocycles. The number of nitrogen functional groups attached to an aromatic ring is 1. The summed E-state index contributed by atoms with van der Waals surface area (Å²) in [5.41, 5.74) is 3.82. The van der Waals surface area contributed by atoms with Crippen LogP contribution in [-0.4, -0.2) is 16.0 Å². The van der Waals surface area contributed by atoms with E-state index in [1.54, 1.807) is 17.5 Å². The van der Waals surface area contributed by atoms with Crippen molar-refractivity contribution in [2.24, 2.45) is 5.84 Å². The maximum Gasteiger partial charge on any atom is 0.239 e. The fourth-order valence-corrected chi connectivity index (χ4v) is 2.60. The Bertz CT molecular complexity index is 509. The van der Waals surface area contributed by atoms with E-state index >= 15 is 0 Å². The average molecular weight is 261 g/mol. The SMILES string of the molecule is NNc1nccc(N(Cc2ccsc2)C2CC2)n1. The molecule has 0 radical (unpaired) electrons. The van der Waals surface area contributed by atoms with Gasteiger partial charge in [0.1, 0.15) is 5.82 Å². The van der Waals surface area contributed by atoms with Gasteiger partial charge in [0.25, 0.3) is 0 Å². The van der Waals surface area contributed by atoms with E-state index in [0.717, 1.165) is 12.4 Å². The van der Waals surface area contributed by atoms with Gasteiger partial charge >= 0.3 is 0 Å². The third-order valence-corrected chi connectivity index (χ3v) is 3.72. The van der Waals surface area contributed by atoms with Crippen molar-refractivity contribution in [1.82, 2.24) is 9.97 Å². The van der Waals surface area contributed by atoms with Crippen LogP contribution < -0.4 is 16.2 Å². The van der Waals surface area contributed by atoms with Crippen LogP contribution in [0.5, 0.6) is 0 Å². The summed E-state index contributed by atoms with van der Waals surface area (Å²) in [6.45, 7) is 0.898. The molecule has 0 spiro atoms. The van der Waals surface area contributed by atoms with Gasteiger partial charge < -0.3 is 4.90 Å². The van der Waals surface area contributed by atoms with E-state index < -0.39 is 0 Å². The molecule has 2 aromatic heterocycles. The van der Waals surface area contributed by atoms with E-state index in [-0.39, 0.29) is 0 Å². The van der Waals surface area contributed by atoms with E-state index in [0.29, 0.717) is 12.0 Å². The van der Waals surface area contributed by atoms with Gasteiger partial charge in [0.2, 0.25) is 5.95 Å². The first-order valence-electron chi connectivity index (χ1n) is 5.94. The molecule has 0 bridgehead atoms. The first-order chi connectivity index (χ1) is 8.86. The first-order valence-corrected chi connectivity index (χ1v) is 6.88. The molecule has 6 heteroatoms. The van der Waals surface area contributed by atoms with Crippen molar-refractivity contribution in [3.63, 3.8) is 0 Å². The van der Waals surface area contributed by atoms with Crippen LogP contribution >= 0.6 is 11.3 Å². The van der Waals surface area contributed by atoms with Gasteiger partial charge in [0, 0.05) is 18.8 Å². The maximum atomic E-state index is 5.35. The van der Waals surface area contributed by atoms with Gasteiger partial charge in [-0.1, -0.05) is 0 Å². The Morgan fingerprint density at radius 1 is 1.44 bits per heavy atom. The number of nitrogens with two attached hydrogens (primary N) is 1. The molecule has 1 fully saturated rings. The molecule has 0 aliphatic heterocycles. The van der Waals surface area contributed by atoms with Crippen molar-refractivity contribution < 1.29 is 0 Å². The predicted molar refractivity (Wildman–Crippen MR) is 73.4 cm³/mol. The third kappa shape index (κ3) is 2.44. The van der Waals surface area contributed by atoms with Crippen molar-refractivity contribution in [2.45, 2.75) is 25.4 Å². The van der Waals surface area contributed by atoms with Crippen LogP contribution in [-0.2, 0) is 6.54 Å². The van der Waals surface area contributed by atoms with E-state index in [2.05, 4.69) is 37.1 Å². The summed E-state index contributed by atoms with van der Waals surface area (Å²) in [6.07, 6.45) is 4.21. The Balaban J connectivity index is 1.84. The second-order valence-electron chi connectivity index (χ2n) is 4.37. The molecule has 94 valence electrons. The van der Waals surface area contributed by atoms with Crippen LogP contribution in [0.3, 0.4) is 0 Å². The van der Waals surface area contributed by atoms with Crippen LogP contribution in [0.4, 0.5) is 11.8 Å². The highest BCUT2D eigenvalue weighted by Crippen LogP contribution is 2.32. The molecule has 0 unspecified atom stereocenters. The number of nitrogens with zero attached hydrogens (tertiary/aromatic N) is 3. The molecule has 0 aromatic carbocycles. The number of hydrogen-bond acceptors (Lipinski definition) is 6. The molecule has 18 heavy (non-hydrogen) atoms. The standard InChI is InChI=1S/C12H15N5S/c13-16-12-14-5-3-11(15-12)17(10-1-2-10)7-9-4-6-18-8-9/h3-6,8,10H,1-2,7,13H2,(H,14,15,16). The van der Waals surface area contributed by atoms with Crippen molar-refractivity contribution in [1.29, 1.82) is 0 Å². The summed E-state index contributed by atoms with van der Waals surface area (Å²) >= 11 is 1.72. The van der Waals surface area contributed by atoms with E-state index in [1.807, 2.05) is 6.07 Å². The fraction of sp³-hybridized carbons (Fsp3) is 0.333. The molecule has 0 saturated heterocycles. The van der Waals surface area contributed by atoms with Gasteiger partial charge in [-0.3, -0.25) is 5.43 Å². The number of anilines is 2. The first kappa shape index (κ1) is 11.4.